The normalized spacial score (nSPS) is 14.8. The molecule has 3 heterocycles. The van der Waals surface area contributed by atoms with Crippen molar-refractivity contribution in [2.75, 3.05) is 48.1 Å². The fourth-order valence-electron chi connectivity index (χ4n) is 4.66. The Morgan fingerprint density at radius 1 is 1.18 bits per heavy atom. The molecule has 210 valence electrons. The van der Waals surface area contributed by atoms with E-state index >= 15 is 8.78 Å². The van der Waals surface area contributed by atoms with Gasteiger partial charge in [-0.3, -0.25) is 10.5 Å². The number of rotatable bonds is 10. The minimum absolute atomic E-state index is 0.187. The van der Waals surface area contributed by atoms with Gasteiger partial charge in [0.25, 0.3) is 0 Å². The van der Waals surface area contributed by atoms with Crippen LogP contribution in [-0.2, 0) is 0 Å². The fourth-order valence-corrected chi connectivity index (χ4v) is 5.10. The molecule has 1 aliphatic heterocycles. The van der Waals surface area contributed by atoms with Gasteiger partial charge in [0.05, 0.1) is 12.4 Å². The molecule has 3 N–H and O–H groups in total. The van der Waals surface area contributed by atoms with Crippen LogP contribution in [0.5, 0.6) is 0 Å². The third-order valence-corrected chi connectivity index (χ3v) is 7.58. The molecule has 3 aromatic rings. The zero-order valence-electron chi connectivity index (χ0n) is 23.3. The minimum atomic E-state index is -0.672. The number of H-pyrrole nitrogens is 1. The highest BCUT2D eigenvalue weighted by molar-refractivity contribution is 7.98. The first-order valence-electron chi connectivity index (χ1n) is 13.3. The number of halogens is 2. The summed E-state index contributed by atoms with van der Waals surface area (Å²) < 4.78 is 30.1. The maximum absolute atomic E-state index is 15.0. The molecule has 0 amide bonds. The van der Waals surface area contributed by atoms with Crippen molar-refractivity contribution in [2.45, 2.75) is 57.4 Å². The molecule has 5 rings (SSSR count). The highest BCUT2D eigenvalue weighted by atomic mass is 32.2. The number of hydrogen-bond donors (Lipinski definition) is 3. The highest BCUT2D eigenvalue weighted by Gasteiger charge is 2.39. The number of hydrogen-bond acceptors (Lipinski definition) is 8. The molecule has 0 atom stereocenters. The number of nitrogens with zero attached hydrogens (tertiary/aromatic N) is 6. The van der Waals surface area contributed by atoms with Crippen molar-refractivity contribution in [2.24, 2.45) is 0 Å². The zero-order valence-corrected chi connectivity index (χ0v) is 24.2. The Bertz CT molecular complexity index is 1280. The van der Waals surface area contributed by atoms with E-state index in [9.17, 15) is 0 Å². The molecule has 0 radical (unpaired) electrons. The van der Waals surface area contributed by atoms with E-state index in [1.807, 2.05) is 38.7 Å². The average Bonchev–Trinajstić information content (AvgIpc) is 3.66. The number of benzene rings is 1. The molecular formula is C27H37F2N9S. The maximum Gasteiger partial charge on any atom is 0.233 e. The standard InChI is InChI=1S/C25H31F2N9S.C2H6/c1-5-35(13-28)16-11-36(12-16)24-21(15-6-7-15)23(29-20-8-14(2)32-33-20)30-25(31-24)34(3)22-18(26)9-17(37-4)10-19(22)27;1-2/h8-10,13,15-16,28H,5-7,11-12H2,1-4H3,(H2,29,30,31,32,33);1-2H3. The average molecular weight is 558 g/mol. The maximum atomic E-state index is 15.0. The zero-order chi connectivity index (χ0) is 28.3. The third kappa shape index (κ3) is 5.95. The smallest absolute Gasteiger partial charge is 0.233 e. The van der Waals surface area contributed by atoms with Gasteiger partial charge in [-0.15, -0.1) is 11.8 Å². The van der Waals surface area contributed by atoms with E-state index in [0.717, 1.165) is 36.5 Å². The van der Waals surface area contributed by atoms with Gasteiger partial charge in [0.2, 0.25) is 5.95 Å². The third-order valence-electron chi connectivity index (χ3n) is 6.88. The van der Waals surface area contributed by atoms with Crippen LogP contribution in [0.2, 0.25) is 0 Å². The first-order valence-corrected chi connectivity index (χ1v) is 14.5. The summed E-state index contributed by atoms with van der Waals surface area (Å²) in [7, 11) is 1.57. The van der Waals surface area contributed by atoms with Crippen LogP contribution in [0.3, 0.4) is 0 Å². The molecule has 0 unspecified atom stereocenters. The van der Waals surface area contributed by atoms with Crippen LogP contribution in [-0.4, -0.2) is 70.4 Å². The molecule has 12 heteroatoms. The molecule has 1 aliphatic carbocycles. The van der Waals surface area contributed by atoms with Crippen LogP contribution in [0.4, 0.5) is 37.9 Å². The predicted octanol–water partition coefficient (Wildman–Crippen LogP) is 6.04. The predicted molar refractivity (Wildman–Crippen MR) is 155 cm³/mol. The Morgan fingerprint density at radius 2 is 1.85 bits per heavy atom. The number of likely N-dealkylation sites (N-methyl/N-ethyl adjacent to an activating group) is 1. The second-order valence-corrected chi connectivity index (χ2v) is 10.3. The Kier molecular flexibility index (Phi) is 8.94. The van der Waals surface area contributed by atoms with Gasteiger partial charge in [-0.2, -0.15) is 15.1 Å². The second-order valence-electron chi connectivity index (χ2n) is 9.46. The van der Waals surface area contributed by atoms with Crippen LogP contribution in [0.15, 0.2) is 23.1 Å². The summed E-state index contributed by atoms with van der Waals surface area (Å²) in [6.45, 7) is 10.1. The Morgan fingerprint density at radius 3 is 2.36 bits per heavy atom. The van der Waals surface area contributed by atoms with Gasteiger partial charge in [0, 0.05) is 48.9 Å². The molecular weight excluding hydrogens is 520 g/mol. The minimum Gasteiger partial charge on any atom is -0.357 e. The summed E-state index contributed by atoms with van der Waals surface area (Å²) in [6, 6.07) is 4.73. The summed E-state index contributed by atoms with van der Waals surface area (Å²) in [4.78, 5) is 15.7. The number of aryl methyl sites for hydroxylation is 1. The van der Waals surface area contributed by atoms with Gasteiger partial charge in [0.1, 0.15) is 17.3 Å². The largest absolute Gasteiger partial charge is 0.357 e. The number of aromatic amines is 1. The lowest BCUT2D eigenvalue weighted by atomic mass is 10.0. The molecule has 0 spiro atoms. The van der Waals surface area contributed by atoms with Crippen molar-refractivity contribution >= 4 is 47.2 Å². The summed E-state index contributed by atoms with van der Waals surface area (Å²) in [5.41, 5.74) is 1.69. The summed E-state index contributed by atoms with van der Waals surface area (Å²) in [6.07, 6.45) is 5.20. The summed E-state index contributed by atoms with van der Waals surface area (Å²) in [5, 5.41) is 18.2. The van der Waals surface area contributed by atoms with Crippen LogP contribution < -0.4 is 15.1 Å². The van der Waals surface area contributed by atoms with E-state index in [1.54, 1.807) is 13.3 Å². The molecule has 9 nitrogen and oxygen atoms in total. The van der Waals surface area contributed by atoms with Crippen molar-refractivity contribution in [3.63, 3.8) is 0 Å². The molecule has 2 aliphatic rings. The summed E-state index contributed by atoms with van der Waals surface area (Å²) >= 11 is 1.28. The first-order chi connectivity index (χ1) is 18.8. The lowest BCUT2D eigenvalue weighted by molar-refractivity contribution is 0.277. The van der Waals surface area contributed by atoms with E-state index in [1.165, 1.54) is 35.1 Å². The lowest BCUT2D eigenvalue weighted by Gasteiger charge is -2.45. The Labute approximate surface area is 232 Å². The Balaban J connectivity index is 0.00000172. The van der Waals surface area contributed by atoms with Crippen molar-refractivity contribution < 1.29 is 8.78 Å². The van der Waals surface area contributed by atoms with Gasteiger partial charge < -0.3 is 20.0 Å². The second kappa shape index (κ2) is 12.2. The van der Waals surface area contributed by atoms with Gasteiger partial charge in [-0.1, -0.05) is 13.8 Å². The van der Waals surface area contributed by atoms with Gasteiger partial charge in [-0.05, 0) is 51.0 Å². The van der Waals surface area contributed by atoms with Crippen molar-refractivity contribution in [1.82, 2.24) is 25.1 Å². The van der Waals surface area contributed by atoms with E-state index < -0.39 is 11.6 Å². The highest BCUT2D eigenvalue weighted by Crippen LogP contribution is 2.49. The summed E-state index contributed by atoms with van der Waals surface area (Å²) in [5.74, 6) is 1.10. The lowest BCUT2D eigenvalue weighted by Crippen LogP contribution is -2.59. The number of aromatic nitrogens is 4. The van der Waals surface area contributed by atoms with Crippen LogP contribution in [0.1, 0.15) is 50.8 Å². The number of thioether (sulfide) groups is 1. The van der Waals surface area contributed by atoms with E-state index in [-0.39, 0.29) is 17.7 Å². The topological polar surface area (TPSA) is 100 Å². The molecule has 0 bridgehead atoms. The van der Waals surface area contributed by atoms with Gasteiger partial charge >= 0.3 is 0 Å². The SMILES string of the molecule is CC.CCN(C=N)C1CN(c2nc(N(C)c3c(F)cc(SC)cc3F)nc(Nc3cc(C)[nH]n3)c2C2CC2)C1. The van der Waals surface area contributed by atoms with Gasteiger partial charge in [-0.25, -0.2) is 8.78 Å². The monoisotopic (exact) mass is 557 g/mol. The Hall–Kier alpha value is -3.41. The van der Waals surface area contributed by atoms with Gasteiger partial charge in [0.15, 0.2) is 17.5 Å². The van der Waals surface area contributed by atoms with Crippen LogP contribution >= 0.6 is 11.8 Å². The van der Waals surface area contributed by atoms with E-state index in [0.29, 0.717) is 35.5 Å². The fraction of sp³-hybridized carbons (Fsp3) is 0.481. The molecule has 2 fully saturated rings. The molecule has 1 saturated carbocycles. The van der Waals surface area contributed by atoms with Crippen LogP contribution in [0.25, 0.3) is 0 Å². The first kappa shape index (κ1) is 28.6. The number of anilines is 5. The molecule has 1 saturated heterocycles. The quantitative estimate of drug-likeness (QED) is 0.158. The van der Waals surface area contributed by atoms with Crippen molar-refractivity contribution in [3.05, 3.63) is 41.1 Å². The van der Waals surface area contributed by atoms with Crippen molar-refractivity contribution in [3.8, 4) is 0 Å². The number of nitrogens with one attached hydrogen (secondary N) is 3. The molecule has 1 aromatic carbocycles. The van der Waals surface area contributed by atoms with E-state index in [4.69, 9.17) is 15.4 Å². The molecule has 39 heavy (non-hydrogen) atoms. The van der Waals surface area contributed by atoms with Crippen LogP contribution in [0, 0.1) is 24.0 Å². The van der Waals surface area contributed by atoms with E-state index in [2.05, 4.69) is 20.4 Å². The van der Waals surface area contributed by atoms with Crippen molar-refractivity contribution in [1.29, 1.82) is 5.41 Å². The molecule has 2 aromatic heterocycles.